The van der Waals surface area contributed by atoms with Crippen molar-refractivity contribution in [3.63, 3.8) is 0 Å². The van der Waals surface area contributed by atoms with Gasteiger partial charge in [-0.25, -0.2) is 4.98 Å². The molecule has 26 heavy (non-hydrogen) atoms. The Morgan fingerprint density at radius 2 is 2.27 bits per heavy atom. The van der Waals surface area contributed by atoms with E-state index in [1.807, 2.05) is 18.2 Å². The molecule has 1 N–H and O–H groups in total. The lowest BCUT2D eigenvalue weighted by Gasteiger charge is -2.10. The minimum atomic E-state index is -0.273. The normalized spacial score (nSPS) is 17.3. The molecule has 1 aromatic carbocycles. The summed E-state index contributed by atoms with van der Waals surface area (Å²) in [7, 11) is 0. The number of amides is 1. The molecule has 4 rings (SSSR count). The molecule has 1 saturated heterocycles. The predicted octanol–water partition coefficient (Wildman–Crippen LogP) is 4.39. The molecule has 1 aliphatic heterocycles. The first-order valence-electron chi connectivity index (χ1n) is 9.07. The molecule has 2 aromatic heterocycles. The molecule has 6 heteroatoms. The minimum Gasteiger partial charge on any atom is -0.445 e. The molecule has 6 nitrogen and oxygen atoms in total. The van der Waals surface area contributed by atoms with Gasteiger partial charge < -0.3 is 19.0 Å². The van der Waals surface area contributed by atoms with E-state index in [0.717, 1.165) is 36.0 Å². The summed E-state index contributed by atoms with van der Waals surface area (Å²) in [5, 5.41) is 4.02. The monoisotopic (exact) mass is 353 g/mol. The molecule has 1 aliphatic rings. The molecular weight excluding hydrogens is 330 g/mol. The number of ether oxygens (including phenoxy) is 1. The highest BCUT2D eigenvalue weighted by Crippen LogP contribution is 2.31. The van der Waals surface area contributed by atoms with E-state index in [0.29, 0.717) is 24.0 Å². The Bertz CT molecular complexity index is 919. The fourth-order valence-corrected chi connectivity index (χ4v) is 3.46. The zero-order chi connectivity index (χ0) is 18.1. The number of carbonyl (C=O) groups is 1. The summed E-state index contributed by atoms with van der Waals surface area (Å²) in [5.74, 6) is 0.822. The first kappa shape index (κ1) is 16.8. The average molecular weight is 353 g/mol. The molecule has 136 valence electrons. The van der Waals surface area contributed by atoms with Crippen molar-refractivity contribution in [3.05, 3.63) is 48.3 Å². The average Bonchev–Trinajstić information content (AvgIpc) is 3.34. The molecule has 0 saturated carbocycles. The quantitative estimate of drug-likeness (QED) is 0.738. The molecule has 1 atom stereocenters. The molecule has 0 radical (unpaired) electrons. The van der Waals surface area contributed by atoms with E-state index >= 15 is 0 Å². The fourth-order valence-electron chi connectivity index (χ4n) is 3.46. The highest BCUT2D eigenvalue weighted by atomic mass is 16.5. The van der Waals surface area contributed by atoms with Crippen LogP contribution in [-0.2, 0) is 11.3 Å². The maximum atomic E-state index is 12.6. The topological polar surface area (TPSA) is 69.3 Å². The van der Waals surface area contributed by atoms with Crippen LogP contribution in [0, 0.1) is 5.92 Å². The smallest absolute Gasteiger partial charge is 0.278 e. The number of aromatic nitrogens is 2. The third-order valence-corrected chi connectivity index (χ3v) is 4.62. The Kier molecular flexibility index (Phi) is 4.51. The van der Waals surface area contributed by atoms with Crippen molar-refractivity contribution in [1.29, 1.82) is 0 Å². The minimum absolute atomic E-state index is 0.175. The van der Waals surface area contributed by atoms with Gasteiger partial charge in [-0.1, -0.05) is 13.8 Å². The first-order chi connectivity index (χ1) is 12.6. The Hall–Kier alpha value is -2.60. The number of carbonyl (C=O) groups excluding carboxylic acids is 1. The third-order valence-electron chi connectivity index (χ3n) is 4.62. The molecule has 0 spiro atoms. The van der Waals surface area contributed by atoms with Gasteiger partial charge in [-0.05, 0) is 43.0 Å². The Morgan fingerprint density at radius 3 is 3.04 bits per heavy atom. The van der Waals surface area contributed by atoms with Gasteiger partial charge in [-0.15, -0.1) is 0 Å². The zero-order valence-corrected chi connectivity index (χ0v) is 15.1. The lowest BCUT2D eigenvalue weighted by Crippen LogP contribution is -2.15. The molecule has 0 bridgehead atoms. The summed E-state index contributed by atoms with van der Waals surface area (Å²) >= 11 is 0. The number of nitrogens with one attached hydrogen (secondary N) is 1. The Labute approximate surface area is 152 Å². The fraction of sp³-hybridized carbons (Fsp3) is 0.400. The van der Waals surface area contributed by atoms with Gasteiger partial charge in [0, 0.05) is 35.9 Å². The van der Waals surface area contributed by atoms with Gasteiger partial charge in [0.1, 0.15) is 6.10 Å². The standard InChI is InChI=1S/C20H23N3O3/c1-13(2)11-23-8-7-14-10-15(5-6-16(14)23)22-20(24)18-19(26-12-21-18)17-4-3-9-25-17/h5-8,10,12-13,17H,3-4,9,11H2,1-2H3,(H,22,24). The van der Waals surface area contributed by atoms with Gasteiger partial charge in [-0.3, -0.25) is 4.79 Å². The summed E-state index contributed by atoms with van der Waals surface area (Å²) in [6, 6.07) is 8.01. The highest BCUT2D eigenvalue weighted by molar-refractivity contribution is 6.04. The maximum Gasteiger partial charge on any atom is 0.278 e. The van der Waals surface area contributed by atoms with Crippen LogP contribution in [0.1, 0.15) is 49.0 Å². The Morgan fingerprint density at radius 1 is 1.38 bits per heavy atom. The second-order valence-corrected chi connectivity index (χ2v) is 7.16. The van der Waals surface area contributed by atoms with Crippen LogP contribution in [0.3, 0.4) is 0 Å². The van der Waals surface area contributed by atoms with E-state index < -0.39 is 0 Å². The van der Waals surface area contributed by atoms with Crippen molar-refractivity contribution in [2.24, 2.45) is 5.92 Å². The molecule has 1 amide bonds. The Balaban J connectivity index is 1.54. The van der Waals surface area contributed by atoms with Crippen molar-refractivity contribution < 1.29 is 13.9 Å². The number of benzene rings is 1. The number of anilines is 1. The molecule has 0 aliphatic carbocycles. The number of hydrogen-bond donors (Lipinski definition) is 1. The van der Waals surface area contributed by atoms with Gasteiger partial charge in [0.25, 0.3) is 5.91 Å². The van der Waals surface area contributed by atoms with Crippen molar-refractivity contribution in [2.75, 3.05) is 11.9 Å². The van der Waals surface area contributed by atoms with Gasteiger partial charge in [0.2, 0.25) is 0 Å². The van der Waals surface area contributed by atoms with Crippen LogP contribution in [0.5, 0.6) is 0 Å². The predicted molar refractivity (Wildman–Crippen MR) is 99.2 cm³/mol. The molecule has 1 fully saturated rings. The highest BCUT2D eigenvalue weighted by Gasteiger charge is 2.28. The lowest BCUT2D eigenvalue weighted by atomic mass is 10.1. The van der Waals surface area contributed by atoms with Crippen molar-refractivity contribution in [1.82, 2.24) is 9.55 Å². The second kappa shape index (κ2) is 6.96. The van der Waals surface area contributed by atoms with Gasteiger partial charge in [0.15, 0.2) is 17.8 Å². The molecular formula is C20H23N3O3. The van der Waals surface area contributed by atoms with E-state index in [-0.39, 0.29) is 12.0 Å². The van der Waals surface area contributed by atoms with Crippen LogP contribution < -0.4 is 5.32 Å². The second-order valence-electron chi connectivity index (χ2n) is 7.16. The largest absolute Gasteiger partial charge is 0.445 e. The lowest BCUT2D eigenvalue weighted by molar-refractivity contribution is 0.0889. The zero-order valence-electron chi connectivity index (χ0n) is 15.1. The number of rotatable bonds is 5. The first-order valence-corrected chi connectivity index (χ1v) is 9.07. The summed E-state index contributed by atoms with van der Waals surface area (Å²) in [5.41, 5.74) is 2.21. The van der Waals surface area contributed by atoms with Crippen LogP contribution >= 0.6 is 0 Å². The molecule has 3 heterocycles. The molecule has 3 aromatic rings. The van der Waals surface area contributed by atoms with Gasteiger partial charge in [-0.2, -0.15) is 0 Å². The summed E-state index contributed by atoms with van der Waals surface area (Å²) < 4.78 is 13.3. The number of nitrogens with zero attached hydrogens (tertiary/aromatic N) is 2. The van der Waals surface area contributed by atoms with Crippen LogP contribution in [0.25, 0.3) is 10.9 Å². The van der Waals surface area contributed by atoms with Crippen molar-refractivity contribution in [2.45, 2.75) is 39.3 Å². The van der Waals surface area contributed by atoms with Gasteiger partial charge in [0.05, 0.1) is 0 Å². The van der Waals surface area contributed by atoms with E-state index in [1.54, 1.807) is 0 Å². The van der Waals surface area contributed by atoms with E-state index in [1.165, 1.54) is 6.39 Å². The van der Waals surface area contributed by atoms with E-state index in [9.17, 15) is 4.79 Å². The summed E-state index contributed by atoms with van der Waals surface area (Å²) in [6.45, 7) is 6.06. The van der Waals surface area contributed by atoms with E-state index in [2.05, 4.69) is 41.0 Å². The van der Waals surface area contributed by atoms with Crippen LogP contribution in [0.2, 0.25) is 0 Å². The van der Waals surface area contributed by atoms with Crippen molar-refractivity contribution >= 4 is 22.5 Å². The third kappa shape index (κ3) is 3.24. The SMILES string of the molecule is CC(C)Cn1ccc2cc(NC(=O)c3ncoc3C3CCCO3)ccc21. The number of hydrogen-bond acceptors (Lipinski definition) is 4. The number of oxazole rings is 1. The van der Waals surface area contributed by atoms with Crippen LogP contribution in [0.15, 0.2) is 41.3 Å². The maximum absolute atomic E-state index is 12.6. The van der Waals surface area contributed by atoms with Crippen LogP contribution in [0.4, 0.5) is 5.69 Å². The van der Waals surface area contributed by atoms with Gasteiger partial charge >= 0.3 is 0 Å². The molecule has 1 unspecified atom stereocenters. The summed E-state index contributed by atoms with van der Waals surface area (Å²) in [6.07, 6.45) is 5.04. The summed E-state index contributed by atoms with van der Waals surface area (Å²) in [4.78, 5) is 16.7. The van der Waals surface area contributed by atoms with Crippen molar-refractivity contribution in [3.8, 4) is 0 Å². The number of fused-ring (bicyclic) bond motifs is 1. The van der Waals surface area contributed by atoms with E-state index in [4.69, 9.17) is 9.15 Å². The van der Waals surface area contributed by atoms with Crippen LogP contribution in [-0.4, -0.2) is 22.1 Å².